The molecule has 4 N–H and O–H groups in total. The van der Waals surface area contributed by atoms with Gasteiger partial charge in [-0.25, -0.2) is 4.79 Å². The van der Waals surface area contributed by atoms with Crippen LogP contribution in [0.15, 0.2) is 23.6 Å². The maximum Gasteiger partial charge on any atom is 0.325 e. The normalized spacial score (nSPS) is 29.4. The first-order chi connectivity index (χ1) is 7.61. The third-order valence-electron chi connectivity index (χ3n) is 2.65. The fourth-order valence-electron chi connectivity index (χ4n) is 1.67. The smallest absolute Gasteiger partial charge is 0.325 e. The van der Waals surface area contributed by atoms with Crippen LogP contribution in [0.1, 0.15) is 13.3 Å². The van der Waals surface area contributed by atoms with E-state index in [0.717, 1.165) is 5.57 Å². The zero-order valence-corrected chi connectivity index (χ0v) is 9.01. The summed E-state index contributed by atoms with van der Waals surface area (Å²) in [7, 11) is 0. The summed E-state index contributed by atoms with van der Waals surface area (Å²) in [6.45, 7) is 1.70. The van der Waals surface area contributed by atoms with Gasteiger partial charge in [-0.05, 0) is 18.6 Å². The van der Waals surface area contributed by atoms with Crippen molar-refractivity contribution in [2.75, 3.05) is 6.61 Å². The Kier molecular flexibility index (Phi) is 2.84. The van der Waals surface area contributed by atoms with Crippen molar-refractivity contribution in [2.24, 2.45) is 5.73 Å². The predicted octanol–water partition coefficient (Wildman–Crippen LogP) is -0.177. The number of carbonyl (C=O) groups excluding carboxylic acids is 1. The number of carbonyl (C=O) groups is 1. The predicted molar refractivity (Wildman–Crippen MR) is 56.8 cm³/mol. The highest BCUT2D eigenvalue weighted by Gasteiger charge is 2.31. The first-order valence-electron chi connectivity index (χ1n) is 5.11. The highest BCUT2D eigenvalue weighted by molar-refractivity contribution is 5.77. The summed E-state index contributed by atoms with van der Waals surface area (Å²) in [5, 5.41) is 11.5. The van der Waals surface area contributed by atoms with Gasteiger partial charge in [0.25, 0.3) is 0 Å². The molecule has 0 radical (unpaired) electrons. The van der Waals surface area contributed by atoms with Gasteiger partial charge in [-0.2, -0.15) is 0 Å². The van der Waals surface area contributed by atoms with Crippen molar-refractivity contribution in [3.63, 3.8) is 0 Å². The van der Waals surface area contributed by atoms with Crippen LogP contribution in [0.2, 0.25) is 0 Å². The molecule has 0 aromatic rings. The van der Waals surface area contributed by atoms with E-state index in [1.165, 1.54) is 4.90 Å². The van der Waals surface area contributed by atoms with Crippen LogP contribution in [-0.4, -0.2) is 35.0 Å². The lowest BCUT2D eigenvalue weighted by molar-refractivity contribution is 0.0302. The van der Waals surface area contributed by atoms with Crippen LogP contribution >= 0.6 is 0 Å². The number of hydrogen-bond donors (Lipinski definition) is 3. The number of rotatable bonds is 2. The van der Waals surface area contributed by atoms with E-state index in [4.69, 9.17) is 15.6 Å². The molecule has 0 bridgehead atoms. The SMILES string of the molecule is CC1=CN([C@H]2CC=C(CO)O2)C(=O)NC1N. The Bertz CT molecular complexity index is 364. The number of hydrogen-bond acceptors (Lipinski definition) is 4. The van der Waals surface area contributed by atoms with Gasteiger partial charge in [0.05, 0.1) is 0 Å². The van der Waals surface area contributed by atoms with Crippen molar-refractivity contribution < 1.29 is 14.6 Å². The lowest BCUT2D eigenvalue weighted by atomic mass is 10.2. The first kappa shape index (κ1) is 11.0. The van der Waals surface area contributed by atoms with Crippen LogP contribution in [-0.2, 0) is 4.74 Å². The Morgan fingerprint density at radius 2 is 2.50 bits per heavy atom. The zero-order chi connectivity index (χ0) is 11.7. The molecule has 1 unspecified atom stereocenters. The van der Waals surface area contributed by atoms with Gasteiger partial charge in [-0.15, -0.1) is 0 Å². The maximum absolute atomic E-state index is 11.7. The number of nitrogens with two attached hydrogens (primary N) is 1. The zero-order valence-electron chi connectivity index (χ0n) is 9.01. The van der Waals surface area contributed by atoms with Gasteiger partial charge in [0.15, 0.2) is 6.23 Å². The molecular formula is C10H15N3O3. The fraction of sp³-hybridized carbons (Fsp3) is 0.500. The lowest BCUT2D eigenvalue weighted by Gasteiger charge is -2.32. The molecule has 0 saturated carbocycles. The molecule has 16 heavy (non-hydrogen) atoms. The largest absolute Gasteiger partial charge is 0.472 e. The number of nitrogens with zero attached hydrogens (tertiary/aromatic N) is 1. The summed E-state index contributed by atoms with van der Waals surface area (Å²) in [4.78, 5) is 13.1. The highest BCUT2D eigenvalue weighted by Crippen LogP contribution is 2.22. The molecule has 2 rings (SSSR count). The van der Waals surface area contributed by atoms with E-state index in [2.05, 4.69) is 5.32 Å². The Balaban J connectivity index is 2.08. The van der Waals surface area contributed by atoms with Crippen LogP contribution in [0.4, 0.5) is 4.79 Å². The molecule has 6 nitrogen and oxygen atoms in total. The Labute approximate surface area is 93.4 Å². The van der Waals surface area contributed by atoms with E-state index >= 15 is 0 Å². The third-order valence-corrected chi connectivity index (χ3v) is 2.65. The van der Waals surface area contributed by atoms with Crippen molar-refractivity contribution >= 4 is 6.03 Å². The summed E-state index contributed by atoms with van der Waals surface area (Å²) < 4.78 is 5.39. The Morgan fingerprint density at radius 3 is 3.12 bits per heavy atom. The summed E-state index contributed by atoms with van der Waals surface area (Å²) in [5.41, 5.74) is 6.52. The van der Waals surface area contributed by atoms with E-state index in [9.17, 15) is 4.79 Å². The van der Waals surface area contributed by atoms with Gasteiger partial charge in [0.2, 0.25) is 0 Å². The first-order valence-corrected chi connectivity index (χ1v) is 5.11. The molecule has 2 heterocycles. The standard InChI is InChI=1S/C10H15N3O3/c1-6-4-13(10(15)12-9(6)11)8-3-2-7(5-14)16-8/h2,4,8-9,14H,3,5,11H2,1H3,(H,12,15)/t8-,9?/m1/s1. The highest BCUT2D eigenvalue weighted by atomic mass is 16.5. The second-order valence-electron chi connectivity index (χ2n) is 3.84. The van der Waals surface area contributed by atoms with Crippen molar-refractivity contribution in [3.05, 3.63) is 23.6 Å². The Hall–Kier alpha value is -1.53. The summed E-state index contributed by atoms with van der Waals surface area (Å²) in [6, 6.07) is -0.282. The minimum Gasteiger partial charge on any atom is -0.472 e. The summed E-state index contributed by atoms with van der Waals surface area (Å²) in [6.07, 6.45) is 3.21. The van der Waals surface area contributed by atoms with Gasteiger partial charge in [-0.1, -0.05) is 0 Å². The van der Waals surface area contributed by atoms with E-state index in [-0.39, 0.29) is 18.9 Å². The van der Waals surface area contributed by atoms with Crippen molar-refractivity contribution in [1.82, 2.24) is 10.2 Å². The van der Waals surface area contributed by atoms with Gasteiger partial charge in [-0.3, -0.25) is 4.90 Å². The number of aliphatic hydroxyl groups is 1. The van der Waals surface area contributed by atoms with Gasteiger partial charge in [0, 0.05) is 12.6 Å². The number of ether oxygens (including phenoxy) is 1. The summed E-state index contributed by atoms with van der Waals surface area (Å²) >= 11 is 0. The third kappa shape index (κ3) is 1.89. The topological polar surface area (TPSA) is 87.8 Å². The molecule has 0 fully saturated rings. The van der Waals surface area contributed by atoms with Crippen molar-refractivity contribution in [2.45, 2.75) is 25.7 Å². The van der Waals surface area contributed by atoms with Crippen LogP contribution in [0.25, 0.3) is 0 Å². The van der Waals surface area contributed by atoms with E-state index < -0.39 is 6.17 Å². The second-order valence-corrected chi connectivity index (χ2v) is 3.84. The Morgan fingerprint density at radius 1 is 1.75 bits per heavy atom. The van der Waals surface area contributed by atoms with E-state index in [0.29, 0.717) is 12.2 Å². The minimum atomic E-state index is -0.435. The van der Waals surface area contributed by atoms with Crippen LogP contribution in [0.3, 0.4) is 0 Å². The molecule has 0 aliphatic carbocycles. The quantitative estimate of drug-likeness (QED) is 0.608. The molecule has 0 spiro atoms. The summed E-state index contributed by atoms with van der Waals surface area (Å²) in [5.74, 6) is 0.499. The van der Waals surface area contributed by atoms with Crippen LogP contribution < -0.4 is 11.1 Å². The monoisotopic (exact) mass is 225 g/mol. The number of urea groups is 1. The molecule has 0 aromatic carbocycles. The van der Waals surface area contributed by atoms with E-state index in [1.807, 2.05) is 6.92 Å². The molecule has 0 aromatic heterocycles. The van der Waals surface area contributed by atoms with E-state index in [1.54, 1.807) is 12.3 Å². The van der Waals surface area contributed by atoms with Crippen molar-refractivity contribution in [3.8, 4) is 0 Å². The van der Waals surface area contributed by atoms with Crippen molar-refractivity contribution in [1.29, 1.82) is 0 Å². The molecule has 2 atom stereocenters. The number of amides is 2. The molecule has 2 amide bonds. The molecule has 2 aliphatic heterocycles. The second kappa shape index (κ2) is 4.15. The van der Waals surface area contributed by atoms with Crippen LogP contribution in [0, 0.1) is 0 Å². The molecule has 2 aliphatic rings. The average Bonchev–Trinajstić information content (AvgIpc) is 2.71. The van der Waals surface area contributed by atoms with Gasteiger partial charge < -0.3 is 20.9 Å². The maximum atomic E-state index is 11.7. The fourth-order valence-corrected chi connectivity index (χ4v) is 1.67. The molecule has 88 valence electrons. The molecular weight excluding hydrogens is 210 g/mol. The number of aliphatic hydroxyl groups excluding tert-OH is 1. The lowest BCUT2D eigenvalue weighted by Crippen LogP contribution is -2.54. The van der Waals surface area contributed by atoms with Crippen LogP contribution in [0.5, 0.6) is 0 Å². The van der Waals surface area contributed by atoms with Gasteiger partial charge in [0.1, 0.15) is 18.5 Å². The minimum absolute atomic E-state index is 0.145. The average molecular weight is 225 g/mol. The molecule has 0 saturated heterocycles. The molecule has 6 heteroatoms. The number of nitrogens with one attached hydrogen (secondary N) is 1. The van der Waals surface area contributed by atoms with Gasteiger partial charge >= 0.3 is 6.03 Å².